The fourth-order valence-electron chi connectivity index (χ4n) is 2.49. The maximum Gasteiger partial charge on any atom is 0.319 e. The van der Waals surface area contributed by atoms with E-state index in [-0.39, 0.29) is 12.1 Å². The zero-order valence-corrected chi connectivity index (χ0v) is 13.0. The Kier molecular flexibility index (Phi) is 5.83. The lowest BCUT2D eigenvalue weighted by Crippen LogP contribution is -2.46. The van der Waals surface area contributed by atoms with E-state index in [1.54, 1.807) is 12.1 Å². The molecule has 120 valence electrons. The predicted octanol–water partition coefficient (Wildman–Crippen LogP) is 3.07. The van der Waals surface area contributed by atoms with Gasteiger partial charge in [-0.05, 0) is 37.5 Å². The Labute approximate surface area is 131 Å². The summed E-state index contributed by atoms with van der Waals surface area (Å²) in [6, 6.07) is 6.74. The topological polar surface area (TPSA) is 70.6 Å². The van der Waals surface area contributed by atoms with Crippen molar-refractivity contribution in [1.82, 2.24) is 5.32 Å². The number of anilines is 1. The zero-order valence-electron chi connectivity index (χ0n) is 13.0. The molecule has 1 aliphatic rings. The Morgan fingerprint density at radius 3 is 2.91 bits per heavy atom. The van der Waals surface area contributed by atoms with Gasteiger partial charge in [-0.25, -0.2) is 4.79 Å². The summed E-state index contributed by atoms with van der Waals surface area (Å²) in [5.74, 6) is 0.679. The number of hydrogen-bond acceptors (Lipinski definition) is 3. The third-order valence-corrected chi connectivity index (χ3v) is 3.62. The van der Waals surface area contributed by atoms with Gasteiger partial charge in [0, 0.05) is 11.8 Å². The van der Waals surface area contributed by atoms with Crippen LogP contribution in [0.4, 0.5) is 10.5 Å². The van der Waals surface area contributed by atoms with Gasteiger partial charge in [-0.2, -0.15) is 0 Å². The van der Waals surface area contributed by atoms with Crippen LogP contribution in [-0.4, -0.2) is 29.9 Å². The molecular formula is C17H24N2O3. The molecule has 0 heterocycles. The molecule has 2 rings (SSSR count). The molecule has 0 spiro atoms. The minimum atomic E-state index is -0.454. The van der Waals surface area contributed by atoms with Crippen LogP contribution in [0, 0.1) is 0 Å². The summed E-state index contributed by atoms with van der Waals surface area (Å²) in [4.78, 5) is 12.0. The van der Waals surface area contributed by atoms with Gasteiger partial charge >= 0.3 is 6.03 Å². The second-order valence-electron chi connectivity index (χ2n) is 5.83. The number of rotatable bonds is 5. The van der Waals surface area contributed by atoms with Crippen LogP contribution in [-0.2, 0) is 0 Å². The molecule has 1 aromatic rings. The molecule has 22 heavy (non-hydrogen) atoms. The first-order valence-corrected chi connectivity index (χ1v) is 7.67. The predicted molar refractivity (Wildman–Crippen MR) is 87.2 cm³/mol. The number of aliphatic hydroxyl groups is 1. The number of carbonyl (C=O) groups is 1. The Morgan fingerprint density at radius 2 is 2.18 bits per heavy atom. The van der Waals surface area contributed by atoms with Gasteiger partial charge in [-0.1, -0.05) is 25.5 Å². The minimum absolute atomic E-state index is 0.170. The summed E-state index contributed by atoms with van der Waals surface area (Å²) in [7, 11) is 0. The van der Waals surface area contributed by atoms with E-state index in [0.717, 1.165) is 31.3 Å². The van der Waals surface area contributed by atoms with Crippen molar-refractivity contribution in [3.63, 3.8) is 0 Å². The van der Waals surface area contributed by atoms with Crippen molar-refractivity contribution in [3.8, 4) is 5.75 Å². The highest BCUT2D eigenvalue weighted by Gasteiger charge is 2.24. The van der Waals surface area contributed by atoms with E-state index >= 15 is 0 Å². The van der Waals surface area contributed by atoms with E-state index in [1.165, 1.54) is 0 Å². The van der Waals surface area contributed by atoms with Crippen molar-refractivity contribution in [3.05, 3.63) is 36.4 Å². The lowest BCUT2D eigenvalue weighted by molar-refractivity contribution is 0.0955. The van der Waals surface area contributed by atoms with Gasteiger partial charge in [0.2, 0.25) is 0 Å². The molecule has 2 unspecified atom stereocenters. The first-order chi connectivity index (χ1) is 10.5. The molecule has 0 saturated heterocycles. The van der Waals surface area contributed by atoms with E-state index < -0.39 is 6.10 Å². The van der Waals surface area contributed by atoms with Gasteiger partial charge in [0.25, 0.3) is 0 Å². The normalized spacial score (nSPS) is 21.0. The Hall–Kier alpha value is -2.01. The molecule has 5 nitrogen and oxygen atoms in total. The fraction of sp³-hybridized carbons (Fsp3) is 0.471. The maximum absolute atomic E-state index is 12.0. The molecule has 0 bridgehead atoms. The Bertz CT molecular complexity index is 530. The van der Waals surface area contributed by atoms with Crippen LogP contribution in [0.2, 0.25) is 0 Å². The second-order valence-corrected chi connectivity index (χ2v) is 5.83. The highest BCUT2D eigenvalue weighted by atomic mass is 16.5. The number of nitrogens with one attached hydrogen (secondary N) is 2. The van der Waals surface area contributed by atoms with Gasteiger partial charge in [-0.15, -0.1) is 0 Å². The summed E-state index contributed by atoms with van der Waals surface area (Å²) < 4.78 is 5.55. The molecule has 1 fully saturated rings. The van der Waals surface area contributed by atoms with Crippen LogP contribution in [0.3, 0.4) is 0 Å². The average molecular weight is 304 g/mol. The van der Waals surface area contributed by atoms with Gasteiger partial charge in [0.05, 0.1) is 12.1 Å². The van der Waals surface area contributed by atoms with Crippen LogP contribution in [0.1, 0.15) is 32.6 Å². The van der Waals surface area contributed by atoms with Gasteiger partial charge in [0.15, 0.2) is 0 Å². The molecule has 5 heteroatoms. The number of ether oxygens (including phenoxy) is 1. The molecule has 2 amide bonds. The van der Waals surface area contributed by atoms with Crippen LogP contribution in [0.5, 0.6) is 5.75 Å². The number of amides is 2. The quantitative estimate of drug-likeness (QED) is 0.732. The van der Waals surface area contributed by atoms with E-state index in [0.29, 0.717) is 18.0 Å². The molecule has 1 aliphatic carbocycles. The van der Waals surface area contributed by atoms with E-state index in [4.69, 9.17) is 4.74 Å². The number of hydrogen-bond donors (Lipinski definition) is 3. The van der Waals surface area contributed by atoms with Crippen LogP contribution < -0.4 is 15.4 Å². The molecule has 1 aromatic carbocycles. The van der Waals surface area contributed by atoms with Crippen molar-refractivity contribution in [1.29, 1.82) is 0 Å². The first-order valence-electron chi connectivity index (χ1n) is 7.67. The summed E-state index contributed by atoms with van der Waals surface area (Å²) in [5, 5.41) is 15.5. The van der Waals surface area contributed by atoms with Crippen LogP contribution in [0.15, 0.2) is 36.4 Å². The number of carbonyl (C=O) groups excluding carboxylic acids is 1. The molecule has 3 N–H and O–H groups in total. The van der Waals surface area contributed by atoms with Gasteiger partial charge < -0.3 is 20.5 Å². The second kappa shape index (κ2) is 7.84. The molecule has 1 saturated carbocycles. The van der Waals surface area contributed by atoms with Crippen molar-refractivity contribution in [2.75, 3.05) is 11.9 Å². The van der Waals surface area contributed by atoms with E-state index in [2.05, 4.69) is 17.2 Å². The van der Waals surface area contributed by atoms with Gasteiger partial charge in [-0.3, -0.25) is 0 Å². The van der Waals surface area contributed by atoms with E-state index in [9.17, 15) is 9.90 Å². The van der Waals surface area contributed by atoms with Gasteiger partial charge in [0.1, 0.15) is 12.4 Å². The lowest BCUT2D eigenvalue weighted by atomic mass is 9.93. The molecule has 0 aromatic heterocycles. The monoisotopic (exact) mass is 304 g/mol. The third-order valence-electron chi connectivity index (χ3n) is 3.62. The number of urea groups is 1. The fourth-order valence-corrected chi connectivity index (χ4v) is 2.49. The molecule has 2 atom stereocenters. The first kappa shape index (κ1) is 16.4. The van der Waals surface area contributed by atoms with Crippen LogP contribution >= 0.6 is 0 Å². The highest BCUT2D eigenvalue weighted by molar-refractivity contribution is 5.89. The highest BCUT2D eigenvalue weighted by Crippen LogP contribution is 2.20. The van der Waals surface area contributed by atoms with E-state index in [1.807, 2.05) is 19.1 Å². The Balaban J connectivity index is 1.88. The summed E-state index contributed by atoms with van der Waals surface area (Å²) in [6.45, 7) is 6.13. The summed E-state index contributed by atoms with van der Waals surface area (Å²) in [5.41, 5.74) is 1.59. The Morgan fingerprint density at radius 1 is 1.41 bits per heavy atom. The zero-order chi connectivity index (χ0) is 15.9. The van der Waals surface area contributed by atoms with Crippen molar-refractivity contribution >= 4 is 11.7 Å². The largest absolute Gasteiger partial charge is 0.489 e. The van der Waals surface area contributed by atoms with Crippen LogP contribution in [0.25, 0.3) is 0 Å². The molecule has 0 radical (unpaired) electrons. The van der Waals surface area contributed by atoms with Crippen molar-refractivity contribution < 1.29 is 14.6 Å². The number of aliphatic hydroxyl groups excluding tert-OH is 1. The van der Waals surface area contributed by atoms with Crippen molar-refractivity contribution in [2.24, 2.45) is 0 Å². The average Bonchev–Trinajstić information content (AvgIpc) is 2.48. The smallest absolute Gasteiger partial charge is 0.319 e. The maximum atomic E-state index is 12.0. The third kappa shape index (κ3) is 5.07. The molecular weight excluding hydrogens is 280 g/mol. The van der Waals surface area contributed by atoms with Crippen molar-refractivity contribution in [2.45, 2.75) is 44.8 Å². The minimum Gasteiger partial charge on any atom is -0.489 e. The summed E-state index contributed by atoms with van der Waals surface area (Å²) in [6.07, 6.45) is 3.16. The summed E-state index contributed by atoms with van der Waals surface area (Å²) >= 11 is 0. The SMILES string of the molecule is C=C(C)COc1cccc(NC(=O)NC2CCCCC2O)c1. The number of benzene rings is 1. The molecule has 0 aliphatic heterocycles. The standard InChI is InChI=1S/C17H24N2O3/c1-12(2)11-22-14-7-5-6-13(10-14)18-17(21)19-15-8-3-4-9-16(15)20/h5-7,10,15-16,20H,1,3-4,8-9,11H2,2H3,(H2,18,19,21). The lowest BCUT2D eigenvalue weighted by Gasteiger charge is -2.28.